The Kier molecular flexibility index (Phi) is 6.26. The van der Waals surface area contributed by atoms with Crippen molar-refractivity contribution >= 4 is 28.1 Å². The topological polar surface area (TPSA) is 71.9 Å². The van der Waals surface area contributed by atoms with Gasteiger partial charge in [0.05, 0.1) is 17.6 Å². The molecule has 1 fully saturated rings. The van der Waals surface area contributed by atoms with E-state index in [-0.39, 0.29) is 24.7 Å². The first kappa shape index (κ1) is 20.7. The number of amides is 1. The van der Waals surface area contributed by atoms with Crippen LogP contribution >= 0.6 is 11.3 Å². The lowest BCUT2D eigenvalue weighted by molar-refractivity contribution is -0.132. The number of likely N-dealkylation sites (tertiary alicyclic amines) is 1. The van der Waals surface area contributed by atoms with Crippen LogP contribution in [0.15, 0.2) is 24.4 Å². The zero-order valence-electron chi connectivity index (χ0n) is 16.7. The summed E-state index contributed by atoms with van der Waals surface area (Å²) in [5.41, 5.74) is 2.19. The molecule has 6 nitrogen and oxygen atoms in total. The van der Waals surface area contributed by atoms with Crippen molar-refractivity contribution in [3.63, 3.8) is 0 Å². The molecule has 1 aliphatic heterocycles. The SMILES string of the molecule is Cc1nnc(-c2ccc3cnc(CC(=O)N4CCC(CCC(F)F)CC4)cc3n2)s1. The highest BCUT2D eigenvalue weighted by Crippen LogP contribution is 2.25. The number of hydrogen-bond acceptors (Lipinski definition) is 6. The summed E-state index contributed by atoms with van der Waals surface area (Å²) in [6.07, 6.45) is 1.76. The van der Waals surface area contributed by atoms with Crippen LogP contribution in [0.2, 0.25) is 0 Å². The van der Waals surface area contributed by atoms with Crippen molar-refractivity contribution in [2.75, 3.05) is 13.1 Å². The van der Waals surface area contributed by atoms with E-state index in [9.17, 15) is 13.6 Å². The van der Waals surface area contributed by atoms with Crippen LogP contribution in [0.3, 0.4) is 0 Å². The van der Waals surface area contributed by atoms with Crippen molar-refractivity contribution < 1.29 is 13.6 Å². The summed E-state index contributed by atoms with van der Waals surface area (Å²) in [6.45, 7) is 3.15. The fourth-order valence-electron chi connectivity index (χ4n) is 3.77. The van der Waals surface area contributed by atoms with E-state index < -0.39 is 6.43 Å². The number of fused-ring (bicyclic) bond motifs is 1. The predicted molar refractivity (Wildman–Crippen MR) is 111 cm³/mol. The number of carbonyl (C=O) groups excluding carboxylic acids is 1. The van der Waals surface area contributed by atoms with Gasteiger partial charge in [0.1, 0.15) is 10.7 Å². The largest absolute Gasteiger partial charge is 0.342 e. The van der Waals surface area contributed by atoms with Crippen molar-refractivity contribution in [2.24, 2.45) is 5.92 Å². The second kappa shape index (κ2) is 9.07. The molecule has 4 rings (SSSR count). The van der Waals surface area contributed by atoms with E-state index in [1.807, 2.05) is 30.0 Å². The third-order valence-corrected chi connectivity index (χ3v) is 6.33. The maximum Gasteiger partial charge on any atom is 0.238 e. The summed E-state index contributed by atoms with van der Waals surface area (Å²) in [5, 5.41) is 10.7. The van der Waals surface area contributed by atoms with E-state index in [0.29, 0.717) is 25.2 Å². The predicted octanol–water partition coefficient (Wildman–Crippen LogP) is 4.28. The monoisotopic (exact) mass is 431 g/mol. The van der Waals surface area contributed by atoms with Gasteiger partial charge >= 0.3 is 0 Å². The van der Waals surface area contributed by atoms with Crippen molar-refractivity contribution in [1.82, 2.24) is 25.1 Å². The molecule has 0 spiro atoms. The summed E-state index contributed by atoms with van der Waals surface area (Å²) >= 11 is 1.49. The molecule has 4 heterocycles. The minimum absolute atomic E-state index is 0.0186. The number of piperidine rings is 1. The van der Waals surface area contributed by atoms with E-state index >= 15 is 0 Å². The van der Waals surface area contributed by atoms with Gasteiger partial charge in [-0.3, -0.25) is 9.78 Å². The summed E-state index contributed by atoms with van der Waals surface area (Å²) in [6, 6.07) is 5.68. The molecule has 0 radical (unpaired) electrons. The Labute approximate surface area is 177 Å². The van der Waals surface area contributed by atoms with Gasteiger partial charge in [-0.1, -0.05) is 11.3 Å². The molecule has 1 amide bonds. The molecule has 0 bridgehead atoms. The molecular formula is C21H23F2N5OS. The van der Waals surface area contributed by atoms with Gasteiger partial charge < -0.3 is 4.90 Å². The Morgan fingerprint density at radius 3 is 2.77 bits per heavy atom. The Morgan fingerprint density at radius 2 is 2.07 bits per heavy atom. The standard InChI is InChI=1S/C21H23F2N5OS/c1-13-26-27-21(30-13)17-4-3-15-12-24-16(10-18(15)25-17)11-20(29)28-8-6-14(7-9-28)2-5-19(22)23/h3-4,10,12,14,19H,2,5-9,11H2,1H3. The molecule has 1 saturated heterocycles. The van der Waals surface area contributed by atoms with E-state index in [1.165, 1.54) is 11.3 Å². The highest BCUT2D eigenvalue weighted by Gasteiger charge is 2.23. The molecule has 158 valence electrons. The van der Waals surface area contributed by atoms with Crippen LogP contribution in [-0.4, -0.2) is 50.5 Å². The first-order chi connectivity index (χ1) is 14.5. The number of pyridine rings is 2. The number of aromatic nitrogens is 4. The lowest BCUT2D eigenvalue weighted by atomic mass is 9.92. The van der Waals surface area contributed by atoms with E-state index in [0.717, 1.165) is 39.5 Å². The zero-order valence-corrected chi connectivity index (χ0v) is 17.5. The van der Waals surface area contributed by atoms with Crippen LogP contribution in [0.5, 0.6) is 0 Å². The molecule has 3 aromatic heterocycles. The lowest BCUT2D eigenvalue weighted by Crippen LogP contribution is -2.39. The average molecular weight is 432 g/mol. The second-order valence-electron chi connectivity index (χ2n) is 7.66. The number of halogens is 2. The molecule has 30 heavy (non-hydrogen) atoms. The maximum absolute atomic E-state index is 12.7. The molecule has 9 heteroatoms. The number of nitrogens with zero attached hydrogens (tertiary/aromatic N) is 5. The summed E-state index contributed by atoms with van der Waals surface area (Å²) in [5.74, 6) is 0.304. The van der Waals surface area contributed by atoms with Gasteiger partial charge in [-0.15, -0.1) is 10.2 Å². The van der Waals surface area contributed by atoms with Crippen LogP contribution in [0.1, 0.15) is 36.4 Å². The number of hydrogen-bond donors (Lipinski definition) is 0. The molecule has 3 aromatic rings. The molecule has 0 saturated carbocycles. The smallest absolute Gasteiger partial charge is 0.238 e. The third-order valence-electron chi connectivity index (χ3n) is 5.47. The quantitative estimate of drug-likeness (QED) is 0.582. The molecule has 0 unspecified atom stereocenters. The number of rotatable bonds is 6. The molecule has 0 aliphatic carbocycles. The minimum Gasteiger partial charge on any atom is -0.342 e. The van der Waals surface area contributed by atoms with Crippen LogP contribution in [0.25, 0.3) is 21.6 Å². The Bertz CT molecular complexity index is 1030. The maximum atomic E-state index is 12.7. The van der Waals surface area contributed by atoms with Gasteiger partial charge in [0.15, 0.2) is 5.01 Å². The van der Waals surface area contributed by atoms with Crippen molar-refractivity contribution in [2.45, 2.75) is 45.5 Å². The van der Waals surface area contributed by atoms with Crippen LogP contribution in [-0.2, 0) is 11.2 Å². The molecule has 0 atom stereocenters. The summed E-state index contributed by atoms with van der Waals surface area (Å²) < 4.78 is 24.8. The summed E-state index contributed by atoms with van der Waals surface area (Å²) in [4.78, 5) is 23.6. The molecule has 1 aliphatic rings. The first-order valence-electron chi connectivity index (χ1n) is 10.1. The Balaban J connectivity index is 1.40. The van der Waals surface area contributed by atoms with Crippen LogP contribution in [0.4, 0.5) is 8.78 Å². The number of aryl methyl sites for hydroxylation is 1. The van der Waals surface area contributed by atoms with E-state index in [1.54, 1.807) is 6.20 Å². The third kappa shape index (κ3) is 4.95. The van der Waals surface area contributed by atoms with Gasteiger partial charge in [0.2, 0.25) is 12.3 Å². The fraction of sp³-hybridized carbons (Fsp3) is 0.476. The minimum atomic E-state index is -2.24. The number of alkyl halides is 2. The van der Waals surface area contributed by atoms with E-state index in [4.69, 9.17) is 0 Å². The highest BCUT2D eigenvalue weighted by atomic mass is 32.1. The highest BCUT2D eigenvalue weighted by molar-refractivity contribution is 7.14. The molecule has 0 aromatic carbocycles. The van der Waals surface area contributed by atoms with Gasteiger partial charge in [-0.2, -0.15) is 0 Å². The van der Waals surface area contributed by atoms with Gasteiger partial charge in [-0.05, 0) is 50.3 Å². The molecular weight excluding hydrogens is 408 g/mol. The lowest BCUT2D eigenvalue weighted by Gasteiger charge is -2.32. The molecule has 0 N–H and O–H groups in total. The average Bonchev–Trinajstić information content (AvgIpc) is 3.18. The van der Waals surface area contributed by atoms with Gasteiger partial charge in [0, 0.05) is 31.1 Å². The van der Waals surface area contributed by atoms with Gasteiger partial charge in [-0.25, -0.2) is 13.8 Å². The summed E-state index contributed by atoms with van der Waals surface area (Å²) in [7, 11) is 0. The van der Waals surface area contributed by atoms with E-state index in [2.05, 4.69) is 20.2 Å². The van der Waals surface area contributed by atoms with Crippen molar-refractivity contribution in [3.8, 4) is 10.7 Å². The van der Waals surface area contributed by atoms with Crippen molar-refractivity contribution in [1.29, 1.82) is 0 Å². The number of carbonyl (C=O) groups is 1. The Morgan fingerprint density at radius 1 is 1.27 bits per heavy atom. The van der Waals surface area contributed by atoms with Crippen molar-refractivity contribution in [3.05, 3.63) is 35.1 Å². The normalized spacial score (nSPS) is 15.3. The van der Waals surface area contributed by atoms with Gasteiger partial charge in [0.25, 0.3) is 0 Å². The van der Waals surface area contributed by atoms with Crippen LogP contribution in [0, 0.1) is 12.8 Å². The first-order valence-corrected chi connectivity index (χ1v) is 10.9. The van der Waals surface area contributed by atoms with Crippen LogP contribution < -0.4 is 0 Å². The second-order valence-corrected chi connectivity index (χ2v) is 8.84. The zero-order chi connectivity index (χ0) is 21.1. The Hall–Kier alpha value is -2.55. The fourth-order valence-corrected chi connectivity index (χ4v) is 4.43.